The lowest BCUT2D eigenvalue weighted by atomic mass is 9.85. The molecule has 1 amide bonds. The van der Waals surface area contributed by atoms with Crippen LogP contribution < -0.4 is 5.32 Å². The third-order valence-electron chi connectivity index (χ3n) is 5.31. The van der Waals surface area contributed by atoms with E-state index < -0.39 is 0 Å². The van der Waals surface area contributed by atoms with E-state index in [1.54, 1.807) is 4.68 Å². The Morgan fingerprint density at radius 1 is 1.25 bits per heavy atom. The van der Waals surface area contributed by atoms with Crippen molar-refractivity contribution >= 4 is 11.6 Å². The Morgan fingerprint density at radius 3 is 2.88 bits per heavy atom. The van der Waals surface area contributed by atoms with E-state index in [4.69, 9.17) is 0 Å². The second-order valence-corrected chi connectivity index (χ2v) is 7.00. The summed E-state index contributed by atoms with van der Waals surface area (Å²) in [6, 6.07) is 6.22. The van der Waals surface area contributed by atoms with Crippen molar-refractivity contribution in [2.45, 2.75) is 64.3 Å². The Morgan fingerprint density at radius 2 is 2.08 bits per heavy atom. The molecule has 2 aliphatic rings. The van der Waals surface area contributed by atoms with Crippen LogP contribution in [-0.2, 0) is 24.2 Å². The van der Waals surface area contributed by atoms with Crippen molar-refractivity contribution in [3.05, 3.63) is 41.0 Å². The first kappa shape index (κ1) is 15.4. The molecule has 5 nitrogen and oxygen atoms in total. The van der Waals surface area contributed by atoms with Gasteiger partial charge >= 0.3 is 0 Å². The quantitative estimate of drug-likeness (QED) is 0.938. The fourth-order valence-corrected chi connectivity index (χ4v) is 3.66. The highest BCUT2D eigenvalue weighted by atomic mass is 16.2. The molecule has 4 rings (SSSR count). The third kappa shape index (κ3) is 2.95. The standard InChI is InChI=1S/C19H24N4O/c1-13-20-19(15-8-4-9-15)22-23(13)12-18(24)21-17-11-5-7-14-6-2-3-10-16(14)17/h5,7,11,15H,2-4,6,8-10,12H2,1H3,(H,21,24). The molecule has 1 saturated carbocycles. The van der Waals surface area contributed by atoms with Gasteiger partial charge in [-0.15, -0.1) is 0 Å². The highest BCUT2D eigenvalue weighted by Gasteiger charge is 2.24. The van der Waals surface area contributed by atoms with Crippen LogP contribution in [0.3, 0.4) is 0 Å². The molecule has 0 atom stereocenters. The molecule has 1 aromatic heterocycles. The van der Waals surface area contributed by atoms with E-state index >= 15 is 0 Å². The third-order valence-corrected chi connectivity index (χ3v) is 5.31. The molecule has 1 heterocycles. The molecule has 126 valence electrons. The van der Waals surface area contributed by atoms with Crippen molar-refractivity contribution in [2.75, 3.05) is 5.32 Å². The van der Waals surface area contributed by atoms with Crippen LogP contribution in [0, 0.1) is 6.92 Å². The highest BCUT2D eigenvalue weighted by molar-refractivity contribution is 5.91. The van der Waals surface area contributed by atoms with E-state index in [2.05, 4.69) is 21.5 Å². The fraction of sp³-hybridized carbons (Fsp3) is 0.526. The van der Waals surface area contributed by atoms with E-state index in [9.17, 15) is 4.79 Å². The molecule has 1 aromatic carbocycles. The second-order valence-electron chi connectivity index (χ2n) is 7.00. The molecule has 1 fully saturated rings. The lowest BCUT2D eigenvalue weighted by molar-refractivity contribution is -0.117. The predicted octanol–water partition coefficient (Wildman–Crippen LogP) is 3.37. The molecular weight excluding hydrogens is 300 g/mol. The maximum atomic E-state index is 12.5. The van der Waals surface area contributed by atoms with E-state index in [-0.39, 0.29) is 12.5 Å². The smallest absolute Gasteiger partial charge is 0.246 e. The number of nitrogens with zero attached hydrogens (tertiary/aromatic N) is 3. The lowest BCUT2D eigenvalue weighted by Gasteiger charge is -2.21. The first-order valence-corrected chi connectivity index (χ1v) is 9.02. The SMILES string of the molecule is Cc1nc(C2CCC2)nn1CC(=O)Nc1cccc2c1CCCC2. The van der Waals surface area contributed by atoms with Gasteiger partial charge in [-0.2, -0.15) is 5.10 Å². The minimum atomic E-state index is -0.0258. The van der Waals surface area contributed by atoms with Gasteiger partial charge in [0.25, 0.3) is 0 Å². The van der Waals surface area contributed by atoms with E-state index in [1.807, 2.05) is 19.1 Å². The van der Waals surface area contributed by atoms with Crippen molar-refractivity contribution < 1.29 is 4.79 Å². The Hall–Kier alpha value is -2.17. The molecular formula is C19H24N4O. The number of hydrogen-bond acceptors (Lipinski definition) is 3. The van der Waals surface area contributed by atoms with Crippen LogP contribution in [0.4, 0.5) is 5.69 Å². The van der Waals surface area contributed by atoms with Gasteiger partial charge in [0.15, 0.2) is 5.82 Å². The Bertz CT molecular complexity index is 761. The average molecular weight is 324 g/mol. The molecule has 0 unspecified atom stereocenters. The molecule has 24 heavy (non-hydrogen) atoms. The van der Waals surface area contributed by atoms with Crippen LogP contribution in [0.2, 0.25) is 0 Å². The lowest BCUT2D eigenvalue weighted by Crippen LogP contribution is -2.22. The van der Waals surface area contributed by atoms with Gasteiger partial charge in [0, 0.05) is 11.6 Å². The van der Waals surface area contributed by atoms with Gasteiger partial charge in [-0.1, -0.05) is 18.6 Å². The molecule has 0 spiro atoms. The maximum Gasteiger partial charge on any atom is 0.246 e. The minimum Gasteiger partial charge on any atom is -0.324 e. The summed E-state index contributed by atoms with van der Waals surface area (Å²) >= 11 is 0. The zero-order chi connectivity index (χ0) is 16.5. The van der Waals surface area contributed by atoms with Crippen molar-refractivity contribution in [1.29, 1.82) is 0 Å². The summed E-state index contributed by atoms with van der Waals surface area (Å²) in [6.07, 6.45) is 8.22. The molecule has 2 aliphatic carbocycles. The summed E-state index contributed by atoms with van der Waals surface area (Å²) in [5.74, 6) is 2.20. The molecule has 2 aromatic rings. The van der Waals surface area contributed by atoms with E-state index in [1.165, 1.54) is 43.2 Å². The zero-order valence-corrected chi connectivity index (χ0v) is 14.2. The topological polar surface area (TPSA) is 59.8 Å². The summed E-state index contributed by atoms with van der Waals surface area (Å²) in [7, 11) is 0. The van der Waals surface area contributed by atoms with Crippen molar-refractivity contribution in [3.8, 4) is 0 Å². The summed E-state index contributed by atoms with van der Waals surface area (Å²) in [5.41, 5.74) is 3.65. The van der Waals surface area contributed by atoms with E-state index in [0.717, 1.165) is 30.2 Å². The Labute approximate surface area is 142 Å². The number of amides is 1. The Balaban J connectivity index is 1.46. The number of nitrogens with one attached hydrogen (secondary N) is 1. The number of carbonyl (C=O) groups excluding carboxylic acids is 1. The number of anilines is 1. The summed E-state index contributed by atoms with van der Waals surface area (Å²) < 4.78 is 1.73. The number of carbonyl (C=O) groups is 1. The van der Waals surface area contributed by atoms with E-state index in [0.29, 0.717) is 5.92 Å². The van der Waals surface area contributed by atoms with Crippen LogP contribution in [0.15, 0.2) is 18.2 Å². The van der Waals surface area contributed by atoms with Gasteiger partial charge in [-0.05, 0) is 62.6 Å². The number of aromatic nitrogens is 3. The number of aryl methyl sites for hydroxylation is 2. The highest BCUT2D eigenvalue weighted by Crippen LogP contribution is 2.34. The van der Waals surface area contributed by atoms with Gasteiger partial charge in [-0.25, -0.2) is 9.67 Å². The largest absolute Gasteiger partial charge is 0.324 e. The molecule has 0 bridgehead atoms. The van der Waals surface area contributed by atoms with Gasteiger partial charge in [0.05, 0.1) is 0 Å². The fourth-order valence-electron chi connectivity index (χ4n) is 3.66. The monoisotopic (exact) mass is 324 g/mol. The first-order chi connectivity index (χ1) is 11.7. The molecule has 0 saturated heterocycles. The molecule has 1 N–H and O–H groups in total. The Kier molecular flexibility index (Phi) is 4.08. The maximum absolute atomic E-state index is 12.5. The summed E-state index contributed by atoms with van der Waals surface area (Å²) in [5, 5.41) is 7.63. The van der Waals surface area contributed by atoms with Gasteiger partial charge in [0.1, 0.15) is 12.4 Å². The normalized spacial score (nSPS) is 17.2. The van der Waals surface area contributed by atoms with Gasteiger partial charge < -0.3 is 5.32 Å². The zero-order valence-electron chi connectivity index (χ0n) is 14.2. The van der Waals surface area contributed by atoms with Crippen LogP contribution >= 0.6 is 0 Å². The first-order valence-electron chi connectivity index (χ1n) is 9.02. The summed E-state index contributed by atoms with van der Waals surface area (Å²) in [4.78, 5) is 17.0. The van der Waals surface area contributed by atoms with Crippen molar-refractivity contribution in [2.24, 2.45) is 0 Å². The van der Waals surface area contributed by atoms with Crippen LogP contribution in [0.1, 0.15) is 60.8 Å². The molecule has 0 aliphatic heterocycles. The van der Waals surface area contributed by atoms with Crippen molar-refractivity contribution in [3.63, 3.8) is 0 Å². The average Bonchev–Trinajstić information content (AvgIpc) is 2.86. The van der Waals surface area contributed by atoms with Crippen LogP contribution in [-0.4, -0.2) is 20.7 Å². The molecule has 5 heteroatoms. The number of fused-ring (bicyclic) bond motifs is 1. The second kappa shape index (κ2) is 6.38. The number of hydrogen-bond donors (Lipinski definition) is 1. The summed E-state index contributed by atoms with van der Waals surface area (Å²) in [6.45, 7) is 2.15. The van der Waals surface area contributed by atoms with Gasteiger partial charge in [0.2, 0.25) is 5.91 Å². The van der Waals surface area contributed by atoms with Gasteiger partial charge in [-0.3, -0.25) is 4.79 Å². The minimum absolute atomic E-state index is 0.0258. The number of rotatable bonds is 4. The van der Waals surface area contributed by atoms with Crippen LogP contribution in [0.25, 0.3) is 0 Å². The van der Waals surface area contributed by atoms with Crippen molar-refractivity contribution in [1.82, 2.24) is 14.8 Å². The number of benzene rings is 1. The predicted molar refractivity (Wildman–Crippen MR) is 93.1 cm³/mol. The van der Waals surface area contributed by atoms with Crippen LogP contribution in [0.5, 0.6) is 0 Å². The molecule has 0 radical (unpaired) electrons.